The zero-order valence-corrected chi connectivity index (χ0v) is 11.6. The van der Waals surface area contributed by atoms with Crippen molar-refractivity contribution in [3.8, 4) is 0 Å². The van der Waals surface area contributed by atoms with Crippen LogP contribution in [0.3, 0.4) is 0 Å². The van der Waals surface area contributed by atoms with Crippen LogP contribution in [0.2, 0.25) is 0 Å². The lowest BCUT2D eigenvalue weighted by Gasteiger charge is -2.39. The topological polar surface area (TPSA) is 40.5 Å². The Morgan fingerprint density at radius 3 is 2.47 bits per heavy atom. The monoisotopic (exact) mass is 271 g/mol. The summed E-state index contributed by atoms with van der Waals surface area (Å²) in [6.07, 6.45) is 0. The van der Waals surface area contributed by atoms with E-state index in [2.05, 4.69) is 0 Å². The first kappa shape index (κ1) is 15.6. The lowest BCUT2D eigenvalue weighted by Crippen LogP contribution is -2.51. The number of hydrogen-bond donors (Lipinski definition) is 1. The molecule has 5 heteroatoms. The molecule has 0 radical (unpaired) electrons. The van der Waals surface area contributed by atoms with E-state index >= 15 is 0 Å². The number of hydrogen-bond acceptors (Lipinski definition) is 2. The third-order valence-electron chi connectivity index (χ3n) is 3.48. The molecule has 1 unspecified atom stereocenters. The first-order chi connectivity index (χ1) is 8.73. The normalized spacial score (nSPS) is 13.6. The molecule has 0 aromatic heterocycles. The number of rotatable bonds is 5. The predicted octanol–water partition coefficient (Wildman–Crippen LogP) is 3.21. The number of carboxylic acid groups (broad SMARTS) is 1. The number of halogens is 2. The quantitative estimate of drug-likeness (QED) is 0.894. The fourth-order valence-corrected chi connectivity index (χ4v) is 2.29. The van der Waals surface area contributed by atoms with E-state index in [1.54, 1.807) is 32.6 Å². The van der Waals surface area contributed by atoms with Gasteiger partial charge in [-0.05, 0) is 33.4 Å². The molecular weight excluding hydrogens is 252 g/mol. The zero-order valence-electron chi connectivity index (χ0n) is 11.6. The summed E-state index contributed by atoms with van der Waals surface area (Å²) in [5.74, 6) is -2.85. The number of carboxylic acids is 1. The van der Waals surface area contributed by atoms with Crippen LogP contribution in [0.1, 0.15) is 39.3 Å². The Balaban J connectivity index is 3.19. The molecule has 1 atom stereocenters. The van der Waals surface area contributed by atoms with Crippen molar-refractivity contribution >= 4 is 5.97 Å². The molecule has 1 N–H and O–H groups in total. The van der Waals surface area contributed by atoms with Crippen molar-refractivity contribution in [3.05, 3.63) is 35.4 Å². The van der Waals surface area contributed by atoms with E-state index in [0.29, 0.717) is 6.54 Å². The summed E-state index contributed by atoms with van der Waals surface area (Å²) in [4.78, 5) is 12.9. The van der Waals surface area contributed by atoms with Gasteiger partial charge in [0.25, 0.3) is 0 Å². The highest BCUT2D eigenvalue weighted by Crippen LogP contribution is 2.30. The highest BCUT2D eigenvalue weighted by molar-refractivity contribution is 5.77. The summed E-state index contributed by atoms with van der Waals surface area (Å²) in [5, 5.41) is 9.25. The van der Waals surface area contributed by atoms with E-state index < -0.39 is 29.2 Å². The summed E-state index contributed by atoms with van der Waals surface area (Å²) in [7, 11) is 0. The molecule has 19 heavy (non-hydrogen) atoms. The van der Waals surface area contributed by atoms with Crippen LogP contribution in [0.25, 0.3) is 0 Å². The highest BCUT2D eigenvalue weighted by atomic mass is 19.2. The second kappa shape index (κ2) is 5.65. The maximum absolute atomic E-state index is 13.8. The Hall–Kier alpha value is -1.49. The summed E-state index contributed by atoms with van der Waals surface area (Å²) in [6, 6.07) is 3.41. The second-order valence-corrected chi connectivity index (χ2v) is 4.97. The Morgan fingerprint density at radius 1 is 1.42 bits per heavy atom. The molecule has 1 rings (SSSR count). The first-order valence-corrected chi connectivity index (χ1v) is 6.17. The molecule has 106 valence electrons. The second-order valence-electron chi connectivity index (χ2n) is 4.97. The maximum atomic E-state index is 13.8. The standard InChI is InChI=1S/C14H19F2NO2/c1-5-17(14(3,4)13(18)19)9(2)10-7-6-8-11(15)12(10)16/h6-9H,5H2,1-4H3,(H,18,19). The van der Waals surface area contributed by atoms with Crippen molar-refractivity contribution in [3.63, 3.8) is 0 Å². The van der Waals surface area contributed by atoms with E-state index in [1.165, 1.54) is 12.1 Å². The molecule has 1 aromatic carbocycles. The molecule has 0 aliphatic heterocycles. The van der Waals surface area contributed by atoms with Crippen LogP contribution in [0.15, 0.2) is 18.2 Å². The average molecular weight is 271 g/mol. The largest absolute Gasteiger partial charge is 0.480 e. The molecule has 0 aliphatic rings. The molecule has 0 amide bonds. The van der Waals surface area contributed by atoms with Crippen LogP contribution in [0.4, 0.5) is 8.78 Å². The zero-order chi connectivity index (χ0) is 14.8. The molecule has 0 bridgehead atoms. The van der Waals surface area contributed by atoms with Gasteiger partial charge in [-0.3, -0.25) is 9.69 Å². The number of likely N-dealkylation sites (N-methyl/N-ethyl adjacent to an activating group) is 1. The minimum atomic E-state index is -1.16. The van der Waals surface area contributed by atoms with Crippen LogP contribution in [-0.4, -0.2) is 28.1 Å². The van der Waals surface area contributed by atoms with E-state index in [-0.39, 0.29) is 5.56 Å². The van der Waals surface area contributed by atoms with Crippen LogP contribution in [0, 0.1) is 11.6 Å². The summed E-state index contributed by atoms with van der Waals surface area (Å²) >= 11 is 0. The molecule has 0 saturated heterocycles. The van der Waals surface area contributed by atoms with Gasteiger partial charge in [0, 0.05) is 11.6 Å². The minimum absolute atomic E-state index is 0.163. The smallest absolute Gasteiger partial charge is 0.323 e. The van der Waals surface area contributed by atoms with Crippen LogP contribution >= 0.6 is 0 Å². The molecule has 1 aromatic rings. The van der Waals surface area contributed by atoms with Gasteiger partial charge in [-0.2, -0.15) is 0 Å². The third kappa shape index (κ3) is 2.92. The summed E-state index contributed by atoms with van der Waals surface area (Å²) in [6.45, 7) is 6.97. The van der Waals surface area contributed by atoms with Gasteiger partial charge in [0.05, 0.1) is 0 Å². The number of benzene rings is 1. The Labute approximate surface area is 111 Å². The number of carbonyl (C=O) groups is 1. The van der Waals surface area contributed by atoms with Crippen LogP contribution < -0.4 is 0 Å². The lowest BCUT2D eigenvalue weighted by atomic mass is 9.97. The van der Waals surface area contributed by atoms with Crippen molar-refractivity contribution in [2.45, 2.75) is 39.3 Å². The van der Waals surface area contributed by atoms with Gasteiger partial charge in [0.2, 0.25) is 0 Å². The molecule has 0 fully saturated rings. The molecule has 0 aliphatic carbocycles. The van der Waals surface area contributed by atoms with Gasteiger partial charge in [-0.15, -0.1) is 0 Å². The predicted molar refractivity (Wildman–Crippen MR) is 68.9 cm³/mol. The minimum Gasteiger partial charge on any atom is -0.480 e. The summed E-state index contributed by atoms with van der Waals surface area (Å²) in [5.41, 5.74) is -0.997. The van der Waals surface area contributed by atoms with Crippen LogP contribution in [0.5, 0.6) is 0 Å². The molecule has 0 spiro atoms. The van der Waals surface area contributed by atoms with Gasteiger partial charge in [0.15, 0.2) is 11.6 Å². The van der Waals surface area contributed by atoms with Gasteiger partial charge in [-0.1, -0.05) is 19.1 Å². The molecule has 0 heterocycles. The maximum Gasteiger partial charge on any atom is 0.323 e. The SMILES string of the molecule is CCN(C(C)c1cccc(F)c1F)C(C)(C)C(=O)O. The van der Waals surface area contributed by atoms with Crippen molar-refractivity contribution in [1.29, 1.82) is 0 Å². The van der Waals surface area contributed by atoms with Gasteiger partial charge in [-0.25, -0.2) is 8.78 Å². The average Bonchev–Trinajstić information content (AvgIpc) is 2.32. The van der Waals surface area contributed by atoms with Crippen LogP contribution in [-0.2, 0) is 4.79 Å². The van der Waals surface area contributed by atoms with Gasteiger partial charge in [0.1, 0.15) is 5.54 Å². The first-order valence-electron chi connectivity index (χ1n) is 6.17. The number of nitrogens with zero attached hydrogens (tertiary/aromatic N) is 1. The number of aliphatic carboxylic acids is 1. The Morgan fingerprint density at radius 2 is 2.00 bits per heavy atom. The highest BCUT2D eigenvalue weighted by Gasteiger charge is 2.37. The molecule has 3 nitrogen and oxygen atoms in total. The lowest BCUT2D eigenvalue weighted by molar-refractivity contribution is -0.150. The van der Waals surface area contributed by atoms with E-state index in [4.69, 9.17) is 0 Å². The van der Waals surface area contributed by atoms with Crippen molar-refractivity contribution in [2.75, 3.05) is 6.54 Å². The fourth-order valence-electron chi connectivity index (χ4n) is 2.29. The Kier molecular flexibility index (Phi) is 4.63. The van der Waals surface area contributed by atoms with Gasteiger partial charge >= 0.3 is 5.97 Å². The van der Waals surface area contributed by atoms with Gasteiger partial charge < -0.3 is 5.11 Å². The third-order valence-corrected chi connectivity index (χ3v) is 3.48. The molecule has 0 saturated carbocycles. The van der Waals surface area contributed by atoms with E-state index in [1.807, 2.05) is 0 Å². The van der Waals surface area contributed by atoms with Crippen molar-refractivity contribution in [1.82, 2.24) is 4.90 Å². The van der Waals surface area contributed by atoms with Crippen molar-refractivity contribution < 1.29 is 18.7 Å². The summed E-state index contributed by atoms with van der Waals surface area (Å²) < 4.78 is 27.0. The fraction of sp³-hybridized carbons (Fsp3) is 0.500. The Bertz CT molecular complexity index is 475. The van der Waals surface area contributed by atoms with E-state index in [9.17, 15) is 18.7 Å². The molecular formula is C14H19F2NO2. The van der Waals surface area contributed by atoms with E-state index in [0.717, 1.165) is 6.07 Å². The van der Waals surface area contributed by atoms with Crippen molar-refractivity contribution in [2.24, 2.45) is 0 Å².